The molecule has 4 heterocycles. The molecule has 37 heavy (non-hydrogen) atoms. The molecule has 10 heteroatoms. The first-order valence-corrected chi connectivity index (χ1v) is 12.8. The molecule has 3 aliphatic rings. The summed E-state index contributed by atoms with van der Waals surface area (Å²) in [4.78, 5) is 20.3. The fourth-order valence-corrected chi connectivity index (χ4v) is 5.51. The molecule has 9 nitrogen and oxygen atoms in total. The van der Waals surface area contributed by atoms with E-state index >= 15 is 0 Å². The molecule has 3 aliphatic heterocycles. The Balaban J connectivity index is 1.36. The number of oxazole rings is 1. The molecule has 2 unspecified atom stereocenters. The third-order valence-corrected chi connectivity index (χ3v) is 8.24. The third kappa shape index (κ3) is 4.12. The van der Waals surface area contributed by atoms with Gasteiger partial charge in [0.1, 0.15) is 12.4 Å². The minimum atomic E-state index is -0.857. The number of nitrogens with zero attached hydrogens (tertiary/aromatic N) is 3. The highest BCUT2D eigenvalue weighted by Crippen LogP contribution is 2.39. The number of amides is 1. The first-order chi connectivity index (χ1) is 17.6. The third-order valence-electron chi connectivity index (χ3n) is 8.24. The number of carboxylic acid groups (broad SMARTS) is 1. The summed E-state index contributed by atoms with van der Waals surface area (Å²) in [7, 11) is -0.614. The number of benzene rings is 2. The van der Waals surface area contributed by atoms with Crippen LogP contribution in [0.4, 0.5) is 10.8 Å². The van der Waals surface area contributed by atoms with E-state index in [1.54, 1.807) is 4.90 Å². The number of piperazine rings is 1. The van der Waals surface area contributed by atoms with E-state index in [1.165, 1.54) is 0 Å². The summed E-state index contributed by atoms with van der Waals surface area (Å²) in [5, 5.41) is 9.65. The Labute approximate surface area is 216 Å². The van der Waals surface area contributed by atoms with Crippen LogP contribution in [-0.4, -0.2) is 64.6 Å². The van der Waals surface area contributed by atoms with E-state index in [0.717, 1.165) is 23.9 Å². The second kappa shape index (κ2) is 8.67. The van der Waals surface area contributed by atoms with Gasteiger partial charge < -0.3 is 28.5 Å². The smallest absolute Gasteiger partial charge is 0.486 e. The van der Waals surface area contributed by atoms with Crippen LogP contribution in [0.15, 0.2) is 46.9 Å². The van der Waals surface area contributed by atoms with Crippen molar-refractivity contribution in [2.75, 3.05) is 18.0 Å². The molecule has 6 rings (SSSR count). The summed E-state index contributed by atoms with van der Waals surface area (Å²) in [5.74, 6) is 0.612. The van der Waals surface area contributed by atoms with Gasteiger partial charge in [0, 0.05) is 18.6 Å². The molecular formula is C27H32BN3O6. The molecule has 3 fully saturated rings. The summed E-state index contributed by atoms with van der Waals surface area (Å²) in [6.07, 6.45) is 0.834. The number of aromatic nitrogens is 1. The lowest BCUT2D eigenvalue weighted by Crippen LogP contribution is -2.55. The molecule has 0 spiro atoms. The zero-order chi connectivity index (χ0) is 25.9. The first kappa shape index (κ1) is 24.1. The number of anilines is 1. The van der Waals surface area contributed by atoms with Crippen molar-refractivity contribution in [1.82, 2.24) is 9.88 Å². The predicted molar refractivity (Wildman–Crippen MR) is 139 cm³/mol. The van der Waals surface area contributed by atoms with Crippen molar-refractivity contribution in [2.24, 2.45) is 0 Å². The molecule has 194 valence electrons. The first-order valence-electron chi connectivity index (χ1n) is 12.8. The highest BCUT2D eigenvalue weighted by molar-refractivity contribution is 6.64. The van der Waals surface area contributed by atoms with Gasteiger partial charge in [-0.1, -0.05) is 36.4 Å². The average molecular weight is 505 g/mol. The van der Waals surface area contributed by atoms with E-state index in [1.807, 2.05) is 70.2 Å². The Bertz CT molecular complexity index is 1300. The molecule has 3 aromatic rings. The van der Waals surface area contributed by atoms with E-state index < -0.39 is 24.4 Å². The molecule has 3 saturated heterocycles. The van der Waals surface area contributed by atoms with Gasteiger partial charge in [-0.3, -0.25) is 4.90 Å². The lowest BCUT2D eigenvalue weighted by Gasteiger charge is -2.38. The number of rotatable bonds is 5. The van der Waals surface area contributed by atoms with E-state index in [4.69, 9.17) is 23.4 Å². The molecule has 2 bridgehead atoms. The number of fused-ring (bicyclic) bond motifs is 3. The number of hydrogen-bond acceptors (Lipinski definition) is 7. The maximum absolute atomic E-state index is 11.8. The van der Waals surface area contributed by atoms with Crippen molar-refractivity contribution in [3.63, 3.8) is 0 Å². The Morgan fingerprint density at radius 2 is 1.70 bits per heavy atom. The second-order valence-electron chi connectivity index (χ2n) is 11.2. The Hall–Kier alpha value is -3.24. The number of carbonyl (C=O) groups is 1. The van der Waals surface area contributed by atoms with Gasteiger partial charge in [0.25, 0.3) is 6.01 Å². The molecule has 1 aromatic heterocycles. The summed E-state index contributed by atoms with van der Waals surface area (Å²) in [5.41, 5.74) is 1.98. The van der Waals surface area contributed by atoms with Gasteiger partial charge in [-0.25, -0.2) is 4.79 Å². The molecule has 2 atom stereocenters. The van der Waals surface area contributed by atoms with Crippen molar-refractivity contribution in [3.8, 4) is 5.75 Å². The molecule has 0 aliphatic carbocycles. The molecular weight excluding hydrogens is 473 g/mol. The minimum Gasteiger partial charge on any atom is -0.486 e. The van der Waals surface area contributed by atoms with Crippen LogP contribution in [0.1, 0.15) is 46.1 Å². The van der Waals surface area contributed by atoms with Crippen molar-refractivity contribution < 1.29 is 28.4 Å². The molecule has 1 amide bonds. The summed E-state index contributed by atoms with van der Waals surface area (Å²) in [6.45, 7) is 9.56. The fraction of sp³-hybridized carbons (Fsp3) is 0.481. The topological polar surface area (TPSA) is 97.5 Å². The minimum absolute atomic E-state index is 0.0670. The van der Waals surface area contributed by atoms with E-state index in [0.29, 0.717) is 42.6 Å². The monoisotopic (exact) mass is 505 g/mol. The fourth-order valence-electron chi connectivity index (χ4n) is 5.51. The Morgan fingerprint density at radius 1 is 1.05 bits per heavy atom. The van der Waals surface area contributed by atoms with Crippen LogP contribution in [0.5, 0.6) is 5.75 Å². The van der Waals surface area contributed by atoms with Crippen LogP contribution in [0.2, 0.25) is 0 Å². The average Bonchev–Trinajstić information content (AvgIpc) is 3.48. The lowest BCUT2D eigenvalue weighted by molar-refractivity contribution is 0.00578. The van der Waals surface area contributed by atoms with Crippen LogP contribution < -0.4 is 15.1 Å². The maximum atomic E-state index is 11.8. The lowest BCUT2D eigenvalue weighted by atomic mass is 9.78. The summed E-state index contributed by atoms with van der Waals surface area (Å²) in [6, 6.07) is 14.1. The van der Waals surface area contributed by atoms with Gasteiger partial charge >= 0.3 is 13.2 Å². The van der Waals surface area contributed by atoms with Crippen LogP contribution in [0.3, 0.4) is 0 Å². The molecule has 0 saturated carbocycles. The number of ether oxygens (including phenoxy) is 1. The SMILES string of the molecule is CC1(C)OB(c2ccc(OCc3ccccc3)c3nc(N4CC5CCC(C4)N5C(=O)O)oc23)OC1(C)C. The van der Waals surface area contributed by atoms with Crippen LogP contribution in [0.25, 0.3) is 11.1 Å². The molecule has 2 aromatic carbocycles. The number of hydrogen-bond donors (Lipinski definition) is 1. The van der Waals surface area contributed by atoms with Crippen molar-refractivity contribution in [1.29, 1.82) is 0 Å². The molecule has 0 radical (unpaired) electrons. The normalized spacial score (nSPS) is 24.2. The quantitative estimate of drug-likeness (QED) is 0.519. The van der Waals surface area contributed by atoms with Crippen LogP contribution >= 0.6 is 0 Å². The Morgan fingerprint density at radius 3 is 2.32 bits per heavy atom. The Kier molecular flexibility index (Phi) is 5.65. The largest absolute Gasteiger partial charge is 0.498 e. The van der Waals surface area contributed by atoms with Gasteiger partial charge in [-0.2, -0.15) is 4.98 Å². The van der Waals surface area contributed by atoms with Crippen LogP contribution in [0, 0.1) is 0 Å². The van der Waals surface area contributed by atoms with E-state index in [9.17, 15) is 9.90 Å². The molecule has 1 N–H and O–H groups in total. The summed E-state index contributed by atoms with van der Waals surface area (Å²) >= 11 is 0. The zero-order valence-corrected chi connectivity index (χ0v) is 21.6. The van der Waals surface area contributed by atoms with Crippen molar-refractivity contribution >= 4 is 35.8 Å². The highest BCUT2D eigenvalue weighted by atomic mass is 16.7. The van der Waals surface area contributed by atoms with Gasteiger partial charge in [0.05, 0.1) is 23.3 Å². The van der Waals surface area contributed by atoms with Gasteiger partial charge in [-0.05, 0) is 52.2 Å². The van der Waals surface area contributed by atoms with Gasteiger partial charge in [0.15, 0.2) is 11.1 Å². The highest BCUT2D eigenvalue weighted by Gasteiger charge is 2.53. The zero-order valence-electron chi connectivity index (χ0n) is 21.6. The standard InChI is InChI=1S/C27H32BN3O6/c1-26(2)27(3,4)37-28(36-26)20-12-13-21(34-16-17-8-6-5-7-9-17)22-23(20)35-24(29-22)30-14-18-10-11-19(15-30)31(18)25(32)33/h5-9,12-13,18-19H,10-11,14-16H2,1-4H3,(H,32,33). The predicted octanol–water partition coefficient (Wildman–Crippen LogP) is 4.04. The van der Waals surface area contributed by atoms with E-state index in [2.05, 4.69) is 4.90 Å². The van der Waals surface area contributed by atoms with E-state index in [-0.39, 0.29) is 12.1 Å². The summed E-state index contributed by atoms with van der Waals surface area (Å²) < 4.78 is 25.3. The van der Waals surface area contributed by atoms with Crippen molar-refractivity contribution in [2.45, 2.75) is 70.4 Å². The second-order valence-corrected chi connectivity index (χ2v) is 11.2. The van der Waals surface area contributed by atoms with Gasteiger partial charge in [-0.15, -0.1) is 0 Å². The maximum Gasteiger partial charge on any atom is 0.498 e. The van der Waals surface area contributed by atoms with Crippen molar-refractivity contribution in [3.05, 3.63) is 48.0 Å². The van der Waals surface area contributed by atoms with Crippen LogP contribution in [-0.2, 0) is 15.9 Å². The van der Waals surface area contributed by atoms with Gasteiger partial charge in [0.2, 0.25) is 0 Å².